The molecule has 2 bridgehead atoms. The van der Waals surface area contributed by atoms with Crippen molar-refractivity contribution < 1.29 is 22.9 Å². The maximum absolute atomic E-state index is 14.1. The van der Waals surface area contributed by atoms with E-state index >= 15 is 0 Å². The van der Waals surface area contributed by atoms with Crippen LogP contribution in [0.3, 0.4) is 0 Å². The summed E-state index contributed by atoms with van der Waals surface area (Å²) in [4.78, 5) is 30.5. The van der Waals surface area contributed by atoms with Crippen LogP contribution in [-0.4, -0.2) is 100 Å². The first-order chi connectivity index (χ1) is 25.1. The molecule has 7 rings (SSSR count). The SMILES string of the molecule is CN1[C@@H]2CC[C@H]1CC(Nc1ccccc1CN1CCN(c3ccc(C(N)=O)c(S(=O)(=O)c4ccc(NCC5CCOCC5)c([N+](=O)[O-])c4)c3)CC1)C2. The quantitative estimate of drug-likeness (QED) is 0.175. The van der Waals surface area contributed by atoms with Gasteiger partial charge in [-0.15, -0.1) is 0 Å². The number of piperazine rings is 1. The number of nitro benzene ring substituents is 1. The van der Waals surface area contributed by atoms with Gasteiger partial charge >= 0.3 is 0 Å². The van der Waals surface area contributed by atoms with E-state index in [1.165, 1.54) is 61.2 Å². The molecule has 14 heteroatoms. The predicted octanol–water partition coefficient (Wildman–Crippen LogP) is 4.72. The molecule has 3 aromatic rings. The van der Waals surface area contributed by atoms with Crippen LogP contribution < -0.4 is 21.3 Å². The number of nitrogens with one attached hydrogen (secondary N) is 2. The summed E-state index contributed by atoms with van der Waals surface area (Å²) in [5.41, 5.74) is 8.49. The zero-order valence-corrected chi connectivity index (χ0v) is 30.5. The first-order valence-electron chi connectivity index (χ1n) is 18.4. The van der Waals surface area contributed by atoms with Crippen LogP contribution in [-0.2, 0) is 21.1 Å². The zero-order valence-electron chi connectivity index (χ0n) is 29.7. The Morgan fingerprint density at radius 1 is 0.942 bits per heavy atom. The number of fused-ring (bicyclic) bond motifs is 2. The third kappa shape index (κ3) is 7.75. The second-order valence-corrected chi connectivity index (χ2v) is 16.6. The molecular formula is C38H49N7O6S. The maximum Gasteiger partial charge on any atom is 0.293 e. The first kappa shape index (κ1) is 36.1. The summed E-state index contributed by atoms with van der Waals surface area (Å²) < 4.78 is 33.5. The number of nitrogens with two attached hydrogens (primary N) is 1. The van der Waals surface area contributed by atoms with Gasteiger partial charge in [-0.1, -0.05) is 18.2 Å². The van der Waals surface area contributed by atoms with Gasteiger partial charge in [-0.25, -0.2) is 8.42 Å². The maximum atomic E-state index is 14.1. The minimum atomic E-state index is -4.36. The number of nitrogens with zero attached hydrogens (tertiary/aromatic N) is 4. The van der Waals surface area contributed by atoms with Crippen LogP contribution in [0.15, 0.2) is 70.5 Å². The van der Waals surface area contributed by atoms with Gasteiger partial charge in [0.05, 0.1) is 20.3 Å². The fraction of sp³-hybridized carbons (Fsp3) is 0.500. The minimum absolute atomic E-state index is 0.159. The van der Waals surface area contributed by atoms with Crippen LogP contribution in [0.4, 0.5) is 22.7 Å². The van der Waals surface area contributed by atoms with Gasteiger partial charge in [0, 0.05) is 88.0 Å². The molecule has 13 nitrogen and oxygen atoms in total. The van der Waals surface area contributed by atoms with Crippen LogP contribution >= 0.6 is 0 Å². The molecule has 1 unspecified atom stereocenters. The van der Waals surface area contributed by atoms with Gasteiger partial charge in [0.1, 0.15) is 5.69 Å². The summed E-state index contributed by atoms with van der Waals surface area (Å²) in [7, 11) is -2.09. The van der Waals surface area contributed by atoms with Gasteiger partial charge in [-0.2, -0.15) is 0 Å². The van der Waals surface area contributed by atoms with E-state index in [2.05, 4.69) is 56.6 Å². The number of primary amides is 1. The number of carbonyl (C=O) groups excluding carboxylic acids is 1. The first-order valence-corrected chi connectivity index (χ1v) is 19.9. The van der Waals surface area contributed by atoms with Crippen molar-refractivity contribution in [1.82, 2.24) is 9.80 Å². The van der Waals surface area contributed by atoms with Gasteiger partial charge in [0.2, 0.25) is 15.7 Å². The monoisotopic (exact) mass is 731 g/mol. The molecule has 4 aliphatic heterocycles. The number of ether oxygens (including phenoxy) is 1. The Balaban J connectivity index is 1.04. The zero-order chi connectivity index (χ0) is 36.4. The van der Waals surface area contributed by atoms with Crippen LogP contribution in [0.1, 0.15) is 54.4 Å². The number of hydrogen-bond donors (Lipinski definition) is 3. The highest BCUT2D eigenvalue weighted by molar-refractivity contribution is 7.91. The molecule has 4 heterocycles. The molecule has 4 fully saturated rings. The molecule has 0 aromatic heterocycles. The van der Waals surface area contributed by atoms with Crippen molar-refractivity contribution in [3.63, 3.8) is 0 Å². The highest BCUT2D eigenvalue weighted by Gasteiger charge is 2.38. The Morgan fingerprint density at radius 2 is 1.65 bits per heavy atom. The molecule has 0 aliphatic carbocycles. The molecule has 4 aliphatic rings. The highest BCUT2D eigenvalue weighted by atomic mass is 32.2. The molecule has 0 spiro atoms. The summed E-state index contributed by atoms with van der Waals surface area (Å²) in [6.45, 7) is 5.45. The number of nitro groups is 1. The van der Waals surface area contributed by atoms with Crippen molar-refractivity contribution in [1.29, 1.82) is 0 Å². The second-order valence-electron chi connectivity index (χ2n) is 14.7. The number of benzene rings is 3. The molecule has 4 saturated heterocycles. The number of para-hydroxylation sites is 1. The van der Waals surface area contributed by atoms with E-state index in [1.54, 1.807) is 6.07 Å². The number of hydrogen-bond acceptors (Lipinski definition) is 11. The van der Waals surface area contributed by atoms with E-state index < -0.39 is 20.7 Å². The summed E-state index contributed by atoms with van der Waals surface area (Å²) in [5.74, 6) is -0.587. The number of anilines is 3. The molecule has 52 heavy (non-hydrogen) atoms. The lowest BCUT2D eigenvalue weighted by molar-refractivity contribution is -0.384. The Labute approximate surface area is 305 Å². The Bertz CT molecular complexity index is 1880. The van der Waals surface area contributed by atoms with E-state index in [0.717, 1.165) is 38.5 Å². The fourth-order valence-corrected chi connectivity index (χ4v) is 9.90. The lowest BCUT2D eigenvalue weighted by Crippen LogP contribution is -2.46. The lowest BCUT2D eigenvalue weighted by atomic mass is 9.97. The van der Waals surface area contributed by atoms with Crippen molar-refractivity contribution >= 4 is 38.5 Å². The van der Waals surface area contributed by atoms with E-state index in [4.69, 9.17) is 10.5 Å². The van der Waals surface area contributed by atoms with E-state index in [1.807, 2.05) is 0 Å². The third-order valence-electron chi connectivity index (χ3n) is 11.5. The lowest BCUT2D eigenvalue weighted by Gasteiger charge is -2.38. The van der Waals surface area contributed by atoms with Crippen molar-refractivity contribution in [2.24, 2.45) is 11.7 Å². The normalized spacial score (nSPS) is 23.0. The van der Waals surface area contributed by atoms with Crippen LogP contribution in [0.2, 0.25) is 0 Å². The van der Waals surface area contributed by atoms with Crippen LogP contribution in [0, 0.1) is 16.0 Å². The molecule has 3 atom stereocenters. The average Bonchev–Trinajstić information content (AvgIpc) is 3.34. The fourth-order valence-electron chi connectivity index (χ4n) is 8.40. The Kier molecular flexibility index (Phi) is 10.7. The summed E-state index contributed by atoms with van der Waals surface area (Å²) in [6.07, 6.45) is 6.60. The molecular weight excluding hydrogens is 683 g/mol. The largest absolute Gasteiger partial charge is 0.382 e. The minimum Gasteiger partial charge on any atom is -0.382 e. The van der Waals surface area contributed by atoms with Gasteiger partial charge in [0.15, 0.2) is 0 Å². The number of piperidine rings is 1. The van der Waals surface area contributed by atoms with E-state index in [9.17, 15) is 23.3 Å². The molecule has 3 aromatic carbocycles. The van der Waals surface area contributed by atoms with Gasteiger partial charge in [-0.05, 0) is 93.5 Å². The Morgan fingerprint density at radius 3 is 2.35 bits per heavy atom. The summed E-state index contributed by atoms with van der Waals surface area (Å²) in [6, 6.07) is 18.8. The topological polar surface area (TPSA) is 163 Å². The number of carbonyl (C=O) groups is 1. The van der Waals surface area contributed by atoms with Crippen LogP contribution in [0.25, 0.3) is 0 Å². The standard InChI is InChI=1S/C38H49N7O6S/c1-42-29-6-7-30(42)21-28(20-29)41-34-5-3-2-4-27(34)25-43-14-16-44(17-15-43)31-8-10-33(38(39)46)37(22-31)52(49,50)32-9-11-35(36(23-32)45(47)48)40-24-26-12-18-51-19-13-26/h2-5,8-11,22-23,26,28-30,40-41H,6-7,12-21,24-25H2,1H3,(H2,39,46)/t28?,29-,30+. The number of sulfone groups is 1. The van der Waals surface area contributed by atoms with Crippen molar-refractivity contribution in [3.8, 4) is 0 Å². The smallest absolute Gasteiger partial charge is 0.293 e. The summed E-state index contributed by atoms with van der Waals surface area (Å²) in [5, 5.41) is 19.1. The molecule has 0 saturated carbocycles. The van der Waals surface area contributed by atoms with Crippen LogP contribution in [0.5, 0.6) is 0 Å². The Hall–Kier alpha value is -4.24. The molecule has 278 valence electrons. The van der Waals surface area contributed by atoms with Gasteiger partial charge < -0.3 is 30.9 Å². The second kappa shape index (κ2) is 15.4. The molecule has 4 N–H and O–H groups in total. The van der Waals surface area contributed by atoms with Crippen molar-refractivity contribution in [2.75, 3.05) is 68.5 Å². The predicted molar refractivity (Wildman–Crippen MR) is 201 cm³/mol. The average molecular weight is 732 g/mol. The van der Waals surface area contributed by atoms with Gasteiger partial charge in [0.25, 0.3) is 5.69 Å². The number of rotatable bonds is 12. The third-order valence-corrected chi connectivity index (χ3v) is 13.3. The molecule has 1 amide bonds. The highest BCUT2D eigenvalue weighted by Crippen LogP contribution is 2.37. The van der Waals surface area contributed by atoms with Crippen molar-refractivity contribution in [2.45, 2.75) is 73.0 Å². The number of amides is 1. The molecule has 0 radical (unpaired) electrons. The van der Waals surface area contributed by atoms with Crippen molar-refractivity contribution in [3.05, 3.63) is 81.9 Å². The van der Waals surface area contributed by atoms with E-state index in [-0.39, 0.29) is 26.7 Å². The van der Waals surface area contributed by atoms with Gasteiger partial charge in [-0.3, -0.25) is 19.8 Å². The summed E-state index contributed by atoms with van der Waals surface area (Å²) >= 11 is 0. The van der Waals surface area contributed by atoms with E-state index in [0.29, 0.717) is 62.6 Å².